The number of aromatic nitrogens is 1. The molecule has 0 unspecified atom stereocenters. The molecule has 162 valence electrons. The Bertz CT molecular complexity index is 1180. The van der Waals surface area contributed by atoms with E-state index in [0.29, 0.717) is 17.2 Å². The van der Waals surface area contributed by atoms with Crippen molar-refractivity contribution in [3.05, 3.63) is 88.9 Å². The second kappa shape index (κ2) is 9.43. The summed E-state index contributed by atoms with van der Waals surface area (Å²) in [5.41, 5.74) is 2.26. The number of hydrogen-bond acceptors (Lipinski definition) is 4. The minimum Gasteiger partial charge on any atom is -0.353 e. The molecular weight excluding hydrogens is 524 g/mol. The number of halogens is 2. The Labute approximate surface area is 197 Å². The fourth-order valence-electron chi connectivity index (χ4n) is 3.00. The summed E-state index contributed by atoms with van der Waals surface area (Å²) in [7, 11) is 0. The minimum absolute atomic E-state index is 0.0157. The minimum atomic E-state index is -0.598. The molecule has 0 atom stereocenters. The van der Waals surface area contributed by atoms with E-state index in [9.17, 15) is 14.0 Å². The van der Waals surface area contributed by atoms with Gasteiger partial charge in [0.25, 0.3) is 11.8 Å². The predicted molar refractivity (Wildman–Crippen MR) is 129 cm³/mol. The Morgan fingerprint density at radius 2 is 1.72 bits per heavy atom. The summed E-state index contributed by atoms with van der Waals surface area (Å²) in [6.07, 6.45) is 1.65. The van der Waals surface area contributed by atoms with Crippen LogP contribution in [-0.4, -0.2) is 40.6 Å². The molecule has 3 aromatic rings. The van der Waals surface area contributed by atoms with Gasteiger partial charge < -0.3 is 15.5 Å². The van der Waals surface area contributed by atoms with Gasteiger partial charge in [0.2, 0.25) is 0 Å². The molecule has 3 N–H and O–H groups in total. The Morgan fingerprint density at radius 3 is 2.34 bits per heavy atom. The molecule has 4 rings (SSSR count). The van der Waals surface area contributed by atoms with Crippen molar-refractivity contribution in [2.75, 3.05) is 23.7 Å². The van der Waals surface area contributed by atoms with Gasteiger partial charge in [-0.3, -0.25) is 15.0 Å². The number of rotatable bonds is 6. The number of nitrogens with zero attached hydrogens (tertiary/aromatic N) is 2. The molecule has 9 heteroatoms. The highest BCUT2D eigenvalue weighted by atomic mass is 127. The van der Waals surface area contributed by atoms with E-state index < -0.39 is 17.6 Å². The molecule has 0 radical (unpaired) electrons. The summed E-state index contributed by atoms with van der Waals surface area (Å²) in [5.74, 6) is -0.875. The zero-order valence-corrected chi connectivity index (χ0v) is 19.0. The fourth-order valence-corrected chi connectivity index (χ4v) is 3.46. The number of benzene rings is 2. The van der Waals surface area contributed by atoms with E-state index in [1.54, 1.807) is 36.5 Å². The van der Waals surface area contributed by atoms with E-state index in [4.69, 9.17) is 5.41 Å². The second-order valence-electron chi connectivity index (χ2n) is 7.20. The molecule has 1 aliphatic rings. The summed E-state index contributed by atoms with van der Waals surface area (Å²) in [5, 5.41) is 13.4. The molecule has 1 aromatic heterocycles. The molecule has 0 spiro atoms. The fraction of sp³-hybridized carbons (Fsp3) is 0.130. The smallest absolute Gasteiger partial charge is 0.259 e. The molecule has 1 saturated heterocycles. The molecule has 2 heterocycles. The number of amidine groups is 1. The lowest BCUT2D eigenvalue weighted by Gasteiger charge is -2.12. The van der Waals surface area contributed by atoms with Crippen LogP contribution in [-0.2, 0) is 4.43 Å². The zero-order chi connectivity index (χ0) is 22.7. The summed E-state index contributed by atoms with van der Waals surface area (Å²) in [4.78, 5) is 31.5. The highest BCUT2D eigenvalue weighted by Crippen LogP contribution is 2.21. The van der Waals surface area contributed by atoms with Gasteiger partial charge in [-0.2, -0.15) is 0 Å². The molecule has 0 bridgehead atoms. The van der Waals surface area contributed by atoms with Crippen LogP contribution in [0.5, 0.6) is 0 Å². The molecule has 0 saturated carbocycles. The van der Waals surface area contributed by atoms with Crippen LogP contribution in [0.25, 0.3) is 0 Å². The summed E-state index contributed by atoms with van der Waals surface area (Å²) in [6.45, 7) is 1.74. The molecule has 2 amide bonds. The quantitative estimate of drug-likeness (QED) is 0.142. The van der Waals surface area contributed by atoms with E-state index in [2.05, 4.69) is 38.2 Å². The Morgan fingerprint density at radius 1 is 1.00 bits per heavy atom. The monoisotopic (exact) mass is 543 g/mol. The van der Waals surface area contributed by atoms with E-state index >= 15 is 0 Å². The molecule has 2 aromatic carbocycles. The normalized spacial score (nSPS) is 12.2. The van der Waals surface area contributed by atoms with Crippen molar-refractivity contribution in [1.82, 2.24) is 9.88 Å². The van der Waals surface area contributed by atoms with Gasteiger partial charge >= 0.3 is 0 Å². The predicted octanol–water partition coefficient (Wildman–Crippen LogP) is 4.30. The first-order valence-electron chi connectivity index (χ1n) is 9.81. The number of nitrogens with one attached hydrogen (secondary N) is 3. The third kappa shape index (κ3) is 5.10. The summed E-state index contributed by atoms with van der Waals surface area (Å²) >= 11 is 2.21. The number of hydrogen-bond donors (Lipinski definition) is 3. The van der Waals surface area contributed by atoms with Crippen molar-refractivity contribution in [3.63, 3.8) is 0 Å². The van der Waals surface area contributed by atoms with Crippen LogP contribution in [0.1, 0.15) is 31.8 Å². The maximum absolute atomic E-state index is 13.9. The van der Waals surface area contributed by atoms with Crippen LogP contribution < -0.4 is 10.6 Å². The summed E-state index contributed by atoms with van der Waals surface area (Å²) in [6, 6.07) is 13.7. The van der Waals surface area contributed by atoms with Crippen LogP contribution in [0.15, 0.2) is 60.8 Å². The van der Waals surface area contributed by atoms with E-state index in [-0.39, 0.29) is 11.3 Å². The molecule has 1 fully saturated rings. The maximum atomic E-state index is 13.9. The number of carbonyl (C=O) groups excluding carboxylic acids is 2. The average Bonchev–Trinajstić information content (AvgIpc) is 3.66. The molecular formula is C23H19FIN5O2. The first-order chi connectivity index (χ1) is 15.4. The third-order valence-electron chi connectivity index (χ3n) is 4.88. The van der Waals surface area contributed by atoms with Gasteiger partial charge in [-0.05, 0) is 42.0 Å². The largest absolute Gasteiger partial charge is 0.353 e. The van der Waals surface area contributed by atoms with Crippen molar-refractivity contribution >= 4 is 51.7 Å². The second-order valence-corrected chi connectivity index (χ2v) is 7.96. The van der Waals surface area contributed by atoms with E-state index in [1.165, 1.54) is 12.1 Å². The standard InChI is InChI=1S/C23H19FIN5O2/c24-17-6-7-19(18(11-17)23(32)29-20-8-1-14(12-25)13-27-20)28-22(31)16-4-2-15(3-5-16)21(26)30-9-10-30/h1-8,11,13,26H,9-10,12H2,(H,28,31)(H,27,29,32). The average molecular weight is 543 g/mol. The number of carbonyl (C=O) groups is 2. The van der Waals surface area contributed by atoms with Gasteiger partial charge in [0.05, 0.1) is 11.3 Å². The van der Waals surface area contributed by atoms with Gasteiger partial charge in [0.1, 0.15) is 17.5 Å². The first-order valence-corrected chi connectivity index (χ1v) is 11.3. The number of amides is 2. The van der Waals surface area contributed by atoms with Gasteiger partial charge in [-0.15, -0.1) is 0 Å². The van der Waals surface area contributed by atoms with Crippen LogP contribution in [0.2, 0.25) is 0 Å². The molecule has 0 aliphatic carbocycles. The molecule has 1 aliphatic heterocycles. The Kier molecular flexibility index (Phi) is 6.45. The maximum Gasteiger partial charge on any atom is 0.259 e. The molecule has 7 nitrogen and oxygen atoms in total. The first kappa shape index (κ1) is 21.9. The van der Waals surface area contributed by atoms with Crippen molar-refractivity contribution in [3.8, 4) is 0 Å². The van der Waals surface area contributed by atoms with Crippen LogP contribution >= 0.6 is 22.6 Å². The van der Waals surface area contributed by atoms with Crippen molar-refractivity contribution in [2.45, 2.75) is 4.43 Å². The number of alkyl halides is 1. The lowest BCUT2D eigenvalue weighted by atomic mass is 10.1. The van der Waals surface area contributed by atoms with Gasteiger partial charge in [0.15, 0.2) is 0 Å². The van der Waals surface area contributed by atoms with Gasteiger partial charge in [-0.25, -0.2) is 9.37 Å². The SMILES string of the molecule is N=C(c1ccc(C(=O)Nc2ccc(F)cc2C(=O)Nc2ccc(CI)cn2)cc1)N1CC1. The van der Waals surface area contributed by atoms with Crippen molar-refractivity contribution < 1.29 is 14.0 Å². The van der Waals surface area contributed by atoms with Crippen LogP contribution in [0, 0.1) is 11.2 Å². The number of pyridine rings is 1. The van der Waals surface area contributed by atoms with Crippen molar-refractivity contribution in [2.24, 2.45) is 0 Å². The highest BCUT2D eigenvalue weighted by molar-refractivity contribution is 14.1. The van der Waals surface area contributed by atoms with Crippen LogP contribution in [0.3, 0.4) is 0 Å². The van der Waals surface area contributed by atoms with E-state index in [0.717, 1.165) is 34.7 Å². The third-order valence-corrected chi connectivity index (χ3v) is 5.76. The van der Waals surface area contributed by atoms with Crippen molar-refractivity contribution in [1.29, 1.82) is 5.41 Å². The van der Waals surface area contributed by atoms with Crippen LogP contribution in [0.4, 0.5) is 15.9 Å². The highest BCUT2D eigenvalue weighted by Gasteiger charge is 2.22. The topological polar surface area (TPSA) is 98.0 Å². The van der Waals surface area contributed by atoms with Gasteiger partial charge in [0, 0.05) is 34.8 Å². The number of anilines is 2. The lowest BCUT2D eigenvalue weighted by molar-refractivity contribution is 0.102. The molecule has 32 heavy (non-hydrogen) atoms. The van der Waals surface area contributed by atoms with Gasteiger partial charge in [-0.1, -0.05) is 40.8 Å². The van der Waals surface area contributed by atoms with E-state index in [1.807, 2.05) is 11.0 Å². The lowest BCUT2D eigenvalue weighted by Crippen LogP contribution is -2.19. The zero-order valence-electron chi connectivity index (χ0n) is 16.9. The Balaban J connectivity index is 1.50. The summed E-state index contributed by atoms with van der Waals surface area (Å²) < 4.78 is 14.7. The Hall–Kier alpha value is -3.34.